The van der Waals surface area contributed by atoms with Crippen LogP contribution >= 0.6 is 0 Å². The van der Waals surface area contributed by atoms with Crippen LogP contribution in [0.4, 0.5) is 4.39 Å². The zero-order valence-electron chi connectivity index (χ0n) is 11.0. The molecular weight excluding hydrogens is 229 g/mol. The first-order valence-electron chi connectivity index (χ1n) is 6.82. The Morgan fingerprint density at radius 1 is 1.39 bits per heavy atom. The van der Waals surface area contributed by atoms with Crippen molar-refractivity contribution in [1.29, 1.82) is 0 Å². The highest BCUT2D eigenvalue weighted by Crippen LogP contribution is 2.30. The van der Waals surface area contributed by atoms with E-state index in [9.17, 15) is 4.39 Å². The molecule has 2 rings (SSSR count). The summed E-state index contributed by atoms with van der Waals surface area (Å²) in [6.45, 7) is 1.37. The lowest BCUT2D eigenvalue weighted by molar-refractivity contribution is 0.0362. The molecule has 0 saturated heterocycles. The molecule has 0 aromatic heterocycles. The van der Waals surface area contributed by atoms with Crippen LogP contribution in [-0.2, 0) is 4.74 Å². The van der Waals surface area contributed by atoms with E-state index in [0.717, 1.165) is 18.9 Å². The smallest absolute Gasteiger partial charge is 0.129 e. The Morgan fingerprint density at radius 3 is 2.78 bits per heavy atom. The number of halogens is 1. The lowest BCUT2D eigenvalue weighted by atomic mass is 9.83. The molecule has 3 heteroatoms. The number of hydrogen-bond donors (Lipinski definition) is 1. The molecule has 0 aliphatic heterocycles. The van der Waals surface area contributed by atoms with E-state index in [1.807, 2.05) is 13.1 Å². The number of rotatable bonds is 7. The Morgan fingerprint density at radius 2 is 2.17 bits per heavy atom. The summed E-state index contributed by atoms with van der Waals surface area (Å²) in [6, 6.07) is 6.87. The number of likely N-dealkylation sites (N-methyl/N-ethyl adjacent to an activating group) is 1. The van der Waals surface area contributed by atoms with Crippen LogP contribution in [0, 0.1) is 11.7 Å². The van der Waals surface area contributed by atoms with E-state index in [0.29, 0.717) is 12.1 Å². The van der Waals surface area contributed by atoms with Crippen molar-refractivity contribution in [2.75, 3.05) is 20.2 Å². The largest absolute Gasteiger partial charge is 0.372 e. The van der Waals surface area contributed by atoms with Gasteiger partial charge in [0, 0.05) is 18.7 Å². The maximum absolute atomic E-state index is 13.7. The number of nitrogens with one attached hydrogen (secondary N) is 1. The minimum absolute atomic E-state index is 0.179. The fourth-order valence-electron chi connectivity index (χ4n) is 2.34. The van der Waals surface area contributed by atoms with Crippen LogP contribution in [0.5, 0.6) is 0 Å². The van der Waals surface area contributed by atoms with Gasteiger partial charge in [-0.25, -0.2) is 4.39 Å². The molecule has 0 amide bonds. The molecule has 0 heterocycles. The molecule has 0 bridgehead atoms. The summed E-state index contributed by atoms with van der Waals surface area (Å²) in [5.74, 6) is 0.655. The number of ether oxygens (including phenoxy) is 1. The zero-order valence-corrected chi connectivity index (χ0v) is 11.0. The van der Waals surface area contributed by atoms with Crippen molar-refractivity contribution < 1.29 is 9.13 Å². The predicted molar refractivity (Wildman–Crippen MR) is 71.0 cm³/mol. The summed E-state index contributed by atoms with van der Waals surface area (Å²) in [6.07, 6.45) is 4.95. The highest BCUT2D eigenvalue weighted by Gasteiger charge is 2.19. The minimum atomic E-state index is -0.184. The molecular formula is C15H22FNO. The van der Waals surface area contributed by atoms with Crippen molar-refractivity contribution in [1.82, 2.24) is 5.32 Å². The summed E-state index contributed by atoms with van der Waals surface area (Å²) < 4.78 is 19.6. The van der Waals surface area contributed by atoms with Gasteiger partial charge in [0.15, 0.2) is 0 Å². The zero-order chi connectivity index (χ0) is 12.8. The van der Waals surface area contributed by atoms with Gasteiger partial charge in [0.25, 0.3) is 0 Å². The van der Waals surface area contributed by atoms with E-state index in [2.05, 4.69) is 5.32 Å². The van der Waals surface area contributed by atoms with Gasteiger partial charge in [0.05, 0.1) is 6.10 Å². The van der Waals surface area contributed by atoms with Gasteiger partial charge in [-0.2, -0.15) is 0 Å². The second-order valence-electron chi connectivity index (χ2n) is 5.02. The third kappa shape index (κ3) is 3.53. The van der Waals surface area contributed by atoms with Crippen LogP contribution in [-0.4, -0.2) is 20.2 Å². The third-order valence-corrected chi connectivity index (χ3v) is 3.71. The first kappa shape index (κ1) is 13.5. The van der Waals surface area contributed by atoms with Crippen LogP contribution in [0.1, 0.15) is 37.4 Å². The molecule has 2 nitrogen and oxygen atoms in total. The van der Waals surface area contributed by atoms with Gasteiger partial charge in [-0.1, -0.05) is 37.5 Å². The number of hydrogen-bond acceptors (Lipinski definition) is 2. The average Bonchev–Trinajstić information content (AvgIpc) is 2.32. The van der Waals surface area contributed by atoms with E-state index in [1.165, 1.54) is 25.3 Å². The van der Waals surface area contributed by atoms with Crippen LogP contribution < -0.4 is 5.32 Å². The maximum Gasteiger partial charge on any atom is 0.129 e. The van der Waals surface area contributed by atoms with E-state index >= 15 is 0 Å². The van der Waals surface area contributed by atoms with E-state index in [-0.39, 0.29) is 11.9 Å². The second-order valence-corrected chi connectivity index (χ2v) is 5.02. The Hall–Kier alpha value is -0.930. The minimum Gasteiger partial charge on any atom is -0.372 e. The molecule has 18 heavy (non-hydrogen) atoms. The van der Waals surface area contributed by atoms with Crippen molar-refractivity contribution in [3.8, 4) is 0 Å². The highest BCUT2D eigenvalue weighted by molar-refractivity contribution is 5.20. The fraction of sp³-hybridized carbons (Fsp3) is 0.600. The first-order chi connectivity index (χ1) is 8.81. The van der Waals surface area contributed by atoms with Crippen molar-refractivity contribution in [3.63, 3.8) is 0 Å². The molecule has 1 aliphatic rings. The summed E-state index contributed by atoms with van der Waals surface area (Å²) in [5.41, 5.74) is 0.653. The predicted octanol–water partition coefficient (Wildman–Crippen LogP) is 3.29. The fourth-order valence-corrected chi connectivity index (χ4v) is 2.34. The average molecular weight is 251 g/mol. The second kappa shape index (κ2) is 6.86. The van der Waals surface area contributed by atoms with Gasteiger partial charge in [0.1, 0.15) is 5.82 Å². The molecule has 0 radical (unpaired) electrons. The molecule has 1 aromatic carbocycles. The summed E-state index contributed by atoms with van der Waals surface area (Å²) in [5, 5.41) is 3.07. The highest BCUT2D eigenvalue weighted by atomic mass is 19.1. The van der Waals surface area contributed by atoms with Crippen molar-refractivity contribution >= 4 is 0 Å². The van der Waals surface area contributed by atoms with Crippen molar-refractivity contribution in [3.05, 3.63) is 35.6 Å². The van der Waals surface area contributed by atoms with E-state index in [4.69, 9.17) is 4.74 Å². The van der Waals surface area contributed by atoms with Crippen molar-refractivity contribution in [2.24, 2.45) is 5.92 Å². The topological polar surface area (TPSA) is 21.3 Å². The van der Waals surface area contributed by atoms with Gasteiger partial charge >= 0.3 is 0 Å². The van der Waals surface area contributed by atoms with E-state index < -0.39 is 0 Å². The molecule has 1 aliphatic carbocycles. The number of benzene rings is 1. The third-order valence-electron chi connectivity index (χ3n) is 3.71. The first-order valence-corrected chi connectivity index (χ1v) is 6.82. The van der Waals surface area contributed by atoms with Gasteiger partial charge in [0.2, 0.25) is 0 Å². The SMILES string of the molecule is CNCC(OCCC1CCC1)c1ccccc1F. The lowest BCUT2D eigenvalue weighted by Crippen LogP contribution is -2.22. The van der Waals surface area contributed by atoms with Crippen LogP contribution in [0.15, 0.2) is 24.3 Å². The van der Waals surface area contributed by atoms with Gasteiger partial charge in [-0.3, -0.25) is 0 Å². The Labute approximate surface area is 109 Å². The molecule has 1 fully saturated rings. The van der Waals surface area contributed by atoms with Gasteiger partial charge in [-0.15, -0.1) is 0 Å². The lowest BCUT2D eigenvalue weighted by Gasteiger charge is -2.26. The van der Waals surface area contributed by atoms with Gasteiger partial charge in [-0.05, 0) is 25.5 Å². The van der Waals surface area contributed by atoms with Crippen LogP contribution in [0.2, 0.25) is 0 Å². The van der Waals surface area contributed by atoms with Crippen molar-refractivity contribution in [2.45, 2.75) is 31.8 Å². The molecule has 1 saturated carbocycles. The Kier molecular flexibility index (Phi) is 5.14. The molecule has 0 spiro atoms. The quantitative estimate of drug-likeness (QED) is 0.803. The maximum atomic E-state index is 13.7. The van der Waals surface area contributed by atoms with E-state index in [1.54, 1.807) is 12.1 Å². The van der Waals surface area contributed by atoms with Gasteiger partial charge < -0.3 is 10.1 Å². The Balaban J connectivity index is 1.88. The normalized spacial score (nSPS) is 17.4. The summed E-state index contributed by atoms with van der Waals surface area (Å²) in [4.78, 5) is 0. The summed E-state index contributed by atoms with van der Waals surface area (Å²) in [7, 11) is 1.86. The molecule has 1 aromatic rings. The Bertz CT molecular complexity index is 365. The monoisotopic (exact) mass is 251 g/mol. The molecule has 1 N–H and O–H groups in total. The molecule has 1 unspecified atom stereocenters. The van der Waals surface area contributed by atoms with Crippen LogP contribution in [0.25, 0.3) is 0 Å². The van der Waals surface area contributed by atoms with Crippen LogP contribution in [0.3, 0.4) is 0 Å². The molecule has 100 valence electrons. The molecule has 1 atom stereocenters. The standard InChI is InChI=1S/C15H22FNO/c1-17-11-15(13-7-2-3-8-14(13)16)18-10-9-12-5-4-6-12/h2-3,7-8,12,15,17H,4-6,9-11H2,1H3. The summed E-state index contributed by atoms with van der Waals surface area (Å²) >= 11 is 0.